The first-order valence-corrected chi connectivity index (χ1v) is 13.1. The highest BCUT2D eigenvalue weighted by Gasteiger charge is 2.19. The number of furan rings is 1. The smallest absolute Gasteiger partial charge is 0.236 e. The molecule has 0 saturated carbocycles. The molecule has 1 amide bonds. The van der Waals surface area contributed by atoms with E-state index in [0.29, 0.717) is 42.6 Å². The molecular weight excluding hydrogens is 549 g/mol. The van der Waals surface area contributed by atoms with E-state index >= 15 is 0 Å². The third-order valence-corrected chi connectivity index (χ3v) is 7.24. The lowest BCUT2D eigenvalue weighted by atomic mass is 10.2. The van der Waals surface area contributed by atoms with Crippen LogP contribution in [0.25, 0.3) is 28.5 Å². The first-order chi connectivity index (χ1) is 17.0. The molecule has 0 aliphatic carbocycles. The number of aromatic nitrogens is 4. The third-order valence-electron chi connectivity index (χ3n) is 4.75. The molecule has 0 spiro atoms. The van der Waals surface area contributed by atoms with Crippen molar-refractivity contribution in [1.82, 2.24) is 19.7 Å². The quantitative estimate of drug-likeness (QED) is 0.209. The molecular formula is C23H14Cl3N5O2S2. The lowest BCUT2D eigenvalue weighted by molar-refractivity contribution is -0.113. The van der Waals surface area contributed by atoms with E-state index in [0.717, 1.165) is 11.3 Å². The molecule has 0 unspecified atom stereocenters. The van der Waals surface area contributed by atoms with Crippen LogP contribution in [0.3, 0.4) is 0 Å². The van der Waals surface area contributed by atoms with E-state index < -0.39 is 0 Å². The molecule has 35 heavy (non-hydrogen) atoms. The van der Waals surface area contributed by atoms with Gasteiger partial charge in [0.25, 0.3) is 0 Å². The maximum Gasteiger partial charge on any atom is 0.236 e. The van der Waals surface area contributed by atoms with Crippen LogP contribution in [0.1, 0.15) is 0 Å². The van der Waals surface area contributed by atoms with Crippen LogP contribution in [0.5, 0.6) is 0 Å². The number of nitrogens with one attached hydrogen (secondary N) is 1. The van der Waals surface area contributed by atoms with Crippen molar-refractivity contribution in [2.24, 2.45) is 0 Å². The number of amides is 1. The fourth-order valence-electron chi connectivity index (χ4n) is 3.19. The highest BCUT2D eigenvalue weighted by atomic mass is 35.5. The molecule has 0 aliphatic rings. The summed E-state index contributed by atoms with van der Waals surface area (Å²) in [6, 6.07) is 16.0. The van der Waals surface area contributed by atoms with Crippen LogP contribution >= 0.6 is 57.9 Å². The van der Waals surface area contributed by atoms with Crippen molar-refractivity contribution in [3.8, 4) is 28.5 Å². The van der Waals surface area contributed by atoms with Crippen molar-refractivity contribution in [2.45, 2.75) is 5.16 Å². The van der Waals surface area contributed by atoms with Gasteiger partial charge < -0.3 is 9.73 Å². The second-order valence-corrected chi connectivity index (χ2v) is 10.2. The van der Waals surface area contributed by atoms with Crippen molar-refractivity contribution in [3.63, 3.8) is 0 Å². The molecule has 5 aromatic rings. The molecule has 1 N–H and O–H groups in total. The van der Waals surface area contributed by atoms with Gasteiger partial charge in [-0.25, -0.2) is 4.98 Å². The average molecular weight is 563 g/mol. The van der Waals surface area contributed by atoms with Crippen LogP contribution in [0.15, 0.2) is 75.8 Å². The Bertz CT molecular complexity index is 1480. The van der Waals surface area contributed by atoms with Gasteiger partial charge in [0, 0.05) is 26.7 Å². The Hall–Kier alpha value is -2.82. The molecule has 3 aromatic heterocycles. The maximum atomic E-state index is 12.7. The molecule has 0 fully saturated rings. The highest BCUT2D eigenvalue weighted by molar-refractivity contribution is 7.99. The van der Waals surface area contributed by atoms with Gasteiger partial charge in [0.05, 0.1) is 22.7 Å². The van der Waals surface area contributed by atoms with Gasteiger partial charge in [-0.05, 0) is 54.6 Å². The van der Waals surface area contributed by atoms with Crippen molar-refractivity contribution in [3.05, 3.63) is 81.3 Å². The van der Waals surface area contributed by atoms with E-state index in [2.05, 4.69) is 20.5 Å². The van der Waals surface area contributed by atoms with Crippen LogP contribution in [0.2, 0.25) is 15.1 Å². The van der Waals surface area contributed by atoms with Gasteiger partial charge in [0.2, 0.25) is 11.7 Å². The summed E-state index contributed by atoms with van der Waals surface area (Å²) in [7, 11) is 0. The standard InChI is InChI=1S/C23H14Cl3N5O2S2/c24-13-3-6-15(7-4-13)31-21(19-2-1-9-33-19)29-30-23(31)35-12-20(32)28-22-27-18(11-34-22)16-8-5-14(25)10-17(16)26/h1-11H,12H2,(H,27,28,32). The molecule has 0 bridgehead atoms. The molecule has 0 radical (unpaired) electrons. The van der Waals surface area contributed by atoms with Gasteiger partial charge in [0.1, 0.15) is 0 Å². The van der Waals surface area contributed by atoms with Gasteiger partial charge >= 0.3 is 0 Å². The summed E-state index contributed by atoms with van der Waals surface area (Å²) in [5, 5.41) is 15.8. The number of benzene rings is 2. The maximum absolute atomic E-state index is 12.7. The van der Waals surface area contributed by atoms with Crippen molar-refractivity contribution in [2.75, 3.05) is 11.1 Å². The number of thiazole rings is 1. The molecule has 12 heteroatoms. The highest BCUT2D eigenvalue weighted by Crippen LogP contribution is 2.33. The summed E-state index contributed by atoms with van der Waals surface area (Å²) < 4.78 is 7.33. The van der Waals surface area contributed by atoms with E-state index in [1.165, 1.54) is 23.1 Å². The lowest BCUT2D eigenvalue weighted by Crippen LogP contribution is -2.14. The molecule has 0 atom stereocenters. The van der Waals surface area contributed by atoms with E-state index in [1.807, 2.05) is 22.1 Å². The zero-order valence-corrected chi connectivity index (χ0v) is 21.5. The fourth-order valence-corrected chi connectivity index (χ4v) is 5.30. The van der Waals surface area contributed by atoms with Crippen molar-refractivity contribution < 1.29 is 9.21 Å². The topological polar surface area (TPSA) is 85.8 Å². The number of carbonyl (C=O) groups is 1. The van der Waals surface area contributed by atoms with E-state index in [4.69, 9.17) is 39.2 Å². The third kappa shape index (κ3) is 5.39. The number of carbonyl (C=O) groups excluding carboxylic acids is 1. The van der Waals surface area contributed by atoms with Crippen LogP contribution in [-0.4, -0.2) is 31.4 Å². The van der Waals surface area contributed by atoms with Gasteiger partial charge in [-0.3, -0.25) is 9.36 Å². The molecule has 3 heterocycles. The molecule has 2 aromatic carbocycles. The fraction of sp³-hybridized carbons (Fsp3) is 0.0435. The molecule has 176 valence electrons. The Morgan fingerprint density at radius 1 is 1.06 bits per heavy atom. The Kier molecular flexibility index (Phi) is 7.12. The minimum atomic E-state index is -0.233. The van der Waals surface area contributed by atoms with Gasteiger partial charge in [-0.2, -0.15) is 0 Å². The van der Waals surface area contributed by atoms with E-state index in [-0.39, 0.29) is 11.7 Å². The second-order valence-electron chi connectivity index (χ2n) is 7.09. The van der Waals surface area contributed by atoms with Crippen LogP contribution in [0.4, 0.5) is 5.13 Å². The summed E-state index contributed by atoms with van der Waals surface area (Å²) in [6.45, 7) is 0. The first kappa shape index (κ1) is 23.9. The molecule has 0 saturated heterocycles. The van der Waals surface area contributed by atoms with Crippen molar-refractivity contribution in [1.29, 1.82) is 0 Å². The number of anilines is 1. The predicted octanol–water partition coefficient (Wildman–Crippen LogP) is 7.34. The van der Waals surface area contributed by atoms with Gasteiger partial charge in [0.15, 0.2) is 16.0 Å². The Balaban J connectivity index is 1.31. The first-order valence-electron chi connectivity index (χ1n) is 10.1. The van der Waals surface area contributed by atoms with E-state index in [1.54, 1.807) is 48.7 Å². The second kappa shape index (κ2) is 10.4. The zero-order chi connectivity index (χ0) is 24.4. The van der Waals surface area contributed by atoms with Crippen LogP contribution in [0, 0.1) is 0 Å². The number of hydrogen-bond acceptors (Lipinski definition) is 7. The van der Waals surface area contributed by atoms with Crippen LogP contribution < -0.4 is 5.32 Å². The summed E-state index contributed by atoms with van der Waals surface area (Å²) in [5.41, 5.74) is 2.19. The SMILES string of the molecule is O=C(CSc1nnc(-c2ccco2)n1-c1ccc(Cl)cc1)Nc1nc(-c2ccc(Cl)cc2Cl)cs1. The molecule has 0 aliphatic heterocycles. The number of halogens is 3. The van der Waals surface area contributed by atoms with E-state index in [9.17, 15) is 4.79 Å². The largest absolute Gasteiger partial charge is 0.461 e. The van der Waals surface area contributed by atoms with Crippen LogP contribution in [-0.2, 0) is 4.79 Å². The number of rotatable bonds is 7. The Labute approximate surface area is 223 Å². The Morgan fingerprint density at radius 3 is 2.60 bits per heavy atom. The number of nitrogens with zero attached hydrogens (tertiary/aromatic N) is 4. The van der Waals surface area contributed by atoms with Crippen molar-refractivity contribution >= 4 is 68.9 Å². The minimum Gasteiger partial charge on any atom is -0.461 e. The zero-order valence-electron chi connectivity index (χ0n) is 17.6. The summed E-state index contributed by atoms with van der Waals surface area (Å²) in [6.07, 6.45) is 1.57. The normalized spacial score (nSPS) is 11.1. The lowest BCUT2D eigenvalue weighted by Gasteiger charge is -2.09. The monoisotopic (exact) mass is 561 g/mol. The summed E-state index contributed by atoms with van der Waals surface area (Å²) >= 11 is 20.8. The Morgan fingerprint density at radius 2 is 1.86 bits per heavy atom. The summed E-state index contributed by atoms with van der Waals surface area (Å²) in [5.74, 6) is 0.938. The van der Waals surface area contributed by atoms with Gasteiger partial charge in [-0.1, -0.05) is 46.6 Å². The average Bonchev–Trinajstić information content (AvgIpc) is 3.59. The minimum absolute atomic E-state index is 0.0977. The number of hydrogen-bond donors (Lipinski definition) is 1. The number of thioether (sulfide) groups is 1. The summed E-state index contributed by atoms with van der Waals surface area (Å²) in [4.78, 5) is 17.1. The molecule has 5 rings (SSSR count). The predicted molar refractivity (Wildman–Crippen MR) is 141 cm³/mol. The van der Waals surface area contributed by atoms with Gasteiger partial charge in [-0.15, -0.1) is 21.5 Å². The molecule has 7 nitrogen and oxygen atoms in total.